The largest absolute Gasteiger partial charge is 0.397 e. The van der Waals surface area contributed by atoms with Crippen LogP contribution >= 0.6 is 11.8 Å². The molecule has 0 saturated heterocycles. The standard InChI is InChI=1S/C24H28N4O3S2/c1-28(23(25)13-7-8-15-29)14-16-33(30,31)27-21-17-22(32-18-9-3-2-4-10-18)24(26)20-12-6-5-11-19(20)21/h2-6,9-12,15,17,25,27H,7-8,13-14,16,26H2,1H3. The van der Waals surface area contributed by atoms with Gasteiger partial charge >= 0.3 is 0 Å². The fourth-order valence-corrected chi connectivity index (χ4v) is 5.37. The molecule has 3 rings (SSSR count). The Morgan fingerprint density at radius 3 is 2.48 bits per heavy atom. The molecule has 33 heavy (non-hydrogen) atoms. The number of nitrogen functional groups attached to an aromatic ring is 1. The van der Waals surface area contributed by atoms with Gasteiger partial charge in [-0.3, -0.25) is 10.1 Å². The van der Waals surface area contributed by atoms with Crippen LogP contribution in [0.1, 0.15) is 19.3 Å². The molecule has 0 spiro atoms. The second-order valence-electron chi connectivity index (χ2n) is 7.64. The predicted octanol–water partition coefficient (Wildman–Crippen LogP) is 4.59. The summed E-state index contributed by atoms with van der Waals surface area (Å²) in [5, 5.41) is 9.56. The van der Waals surface area contributed by atoms with Crippen LogP contribution in [0.15, 0.2) is 70.5 Å². The first-order chi connectivity index (χ1) is 15.8. The first-order valence-corrected chi connectivity index (χ1v) is 13.0. The summed E-state index contributed by atoms with van der Waals surface area (Å²) in [5.74, 6) is 0.144. The first kappa shape index (κ1) is 24.6. The second kappa shape index (κ2) is 11.2. The van der Waals surface area contributed by atoms with Crippen molar-refractivity contribution in [1.29, 1.82) is 5.41 Å². The van der Waals surface area contributed by atoms with Gasteiger partial charge in [-0.15, -0.1) is 0 Å². The molecule has 3 aromatic carbocycles. The molecule has 0 aromatic heterocycles. The van der Waals surface area contributed by atoms with E-state index in [1.807, 2.05) is 54.6 Å². The minimum absolute atomic E-state index is 0.167. The molecular formula is C24H28N4O3S2. The highest BCUT2D eigenvalue weighted by Gasteiger charge is 2.17. The Kier molecular flexibility index (Phi) is 8.35. The lowest BCUT2D eigenvalue weighted by Gasteiger charge is -2.20. The summed E-state index contributed by atoms with van der Waals surface area (Å²) in [6, 6.07) is 19.0. The van der Waals surface area contributed by atoms with E-state index in [1.165, 1.54) is 11.8 Å². The van der Waals surface area contributed by atoms with Crippen LogP contribution in [0.4, 0.5) is 11.4 Å². The number of hydrogen-bond donors (Lipinski definition) is 3. The molecule has 0 unspecified atom stereocenters. The number of carbonyl (C=O) groups excluding carboxylic acids is 1. The predicted molar refractivity (Wildman–Crippen MR) is 137 cm³/mol. The van der Waals surface area contributed by atoms with Crippen molar-refractivity contribution in [2.75, 3.05) is 29.8 Å². The number of rotatable bonds is 11. The van der Waals surface area contributed by atoms with Crippen molar-refractivity contribution in [2.24, 2.45) is 0 Å². The van der Waals surface area contributed by atoms with Crippen molar-refractivity contribution in [3.05, 3.63) is 60.7 Å². The maximum absolute atomic E-state index is 12.9. The summed E-state index contributed by atoms with van der Waals surface area (Å²) in [6.07, 6.45) is 2.23. The van der Waals surface area contributed by atoms with Gasteiger partial charge in [-0.25, -0.2) is 8.42 Å². The summed E-state index contributed by atoms with van der Waals surface area (Å²) >= 11 is 1.48. The Labute approximate surface area is 198 Å². The SMILES string of the molecule is CN(CCS(=O)(=O)Nc1cc(Sc2ccccc2)c(N)c2ccccc12)C(=N)CCCC=O. The lowest BCUT2D eigenvalue weighted by Crippen LogP contribution is -2.32. The highest BCUT2D eigenvalue weighted by Crippen LogP contribution is 2.40. The topological polar surface area (TPSA) is 116 Å². The van der Waals surface area contributed by atoms with Gasteiger partial charge < -0.3 is 15.4 Å². The molecule has 4 N–H and O–H groups in total. The normalized spacial score (nSPS) is 11.3. The number of nitrogens with one attached hydrogen (secondary N) is 2. The van der Waals surface area contributed by atoms with Crippen molar-refractivity contribution in [3.8, 4) is 0 Å². The molecule has 0 heterocycles. The van der Waals surface area contributed by atoms with Crippen LogP contribution in [0.2, 0.25) is 0 Å². The molecule has 0 aliphatic carbocycles. The number of sulfonamides is 1. The summed E-state index contributed by atoms with van der Waals surface area (Å²) in [7, 11) is -1.99. The van der Waals surface area contributed by atoms with Crippen LogP contribution in [0.25, 0.3) is 10.8 Å². The molecule has 0 radical (unpaired) electrons. The Bertz CT molecular complexity index is 1230. The molecule has 0 saturated carbocycles. The quantitative estimate of drug-likeness (QED) is 0.120. The molecule has 0 aliphatic rings. The number of benzene rings is 3. The van der Waals surface area contributed by atoms with E-state index < -0.39 is 10.0 Å². The molecule has 7 nitrogen and oxygen atoms in total. The van der Waals surface area contributed by atoms with Gasteiger partial charge in [0.1, 0.15) is 6.29 Å². The highest BCUT2D eigenvalue weighted by atomic mass is 32.2. The van der Waals surface area contributed by atoms with Crippen LogP contribution in [-0.2, 0) is 14.8 Å². The van der Waals surface area contributed by atoms with Crippen molar-refractivity contribution < 1.29 is 13.2 Å². The zero-order valence-electron chi connectivity index (χ0n) is 18.5. The van der Waals surface area contributed by atoms with E-state index in [2.05, 4.69) is 4.72 Å². The third kappa shape index (κ3) is 6.72. The third-order valence-electron chi connectivity index (χ3n) is 5.18. The van der Waals surface area contributed by atoms with E-state index in [-0.39, 0.29) is 12.3 Å². The number of carbonyl (C=O) groups is 1. The van der Waals surface area contributed by atoms with Crippen LogP contribution < -0.4 is 10.5 Å². The number of aldehydes is 1. The van der Waals surface area contributed by atoms with E-state index in [4.69, 9.17) is 11.1 Å². The van der Waals surface area contributed by atoms with Crippen LogP contribution in [-0.4, -0.2) is 44.8 Å². The number of anilines is 2. The van der Waals surface area contributed by atoms with E-state index >= 15 is 0 Å². The third-order valence-corrected chi connectivity index (χ3v) is 7.49. The lowest BCUT2D eigenvalue weighted by atomic mass is 10.1. The van der Waals surface area contributed by atoms with Gasteiger partial charge in [0.05, 0.1) is 23.0 Å². The Morgan fingerprint density at radius 2 is 1.79 bits per heavy atom. The fraction of sp³-hybridized carbons (Fsp3) is 0.250. The highest BCUT2D eigenvalue weighted by molar-refractivity contribution is 7.99. The van der Waals surface area contributed by atoms with E-state index in [0.29, 0.717) is 36.5 Å². The molecule has 9 heteroatoms. The van der Waals surface area contributed by atoms with Gasteiger partial charge in [0.15, 0.2) is 0 Å². The molecule has 0 amide bonds. The number of fused-ring (bicyclic) bond motifs is 1. The van der Waals surface area contributed by atoms with Gasteiger partial charge in [0.2, 0.25) is 10.0 Å². The molecule has 0 atom stereocenters. The number of hydrogen-bond acceptors (Lipinski definition) is 6. The molecule has 3 aromatic rings. The minimum Gasteiger partial charge on any atom is -0.397 e. The van der Waals surface area contributed by atoms with E-state index in [1.54, 1.807) is 18.0 Å². The van der Waals surface area contributed by atoms with Crippen LogP contribution in [0.5, 0.6) is 0 Å². The summed E-state index contributed by atoms with van der Waals surface area (Å²) in [5.41, 5.74) is 7.51. The summed E-state index contributed by atoms with van der Waals surface area (Å²) < 4.78 is 28.5. The monoisotopic (exact) mass is 484 g/mol. The fourth-order valence-electron chi connectivity index (χ4n) is 3.31. The van der Waals surface area contributed by atoms with Crippen LogP contribution in [0.3, 0.4) is 0 Å². The zero-order valence-corrected chi connectivity index (χ0v) is 20.1. The van der Waals surface area contributed by atoms with Crippen molar-refractivity contribution in [1.82, 2.24) is 4.90 Å². The molecule has 0 bridgehead atoms. The Hall–Kier alpha value is -3.04. The number of amidine groups is 1. The average molecular weight is 485 g/mol. The van der Waals surface area contributed by atoms with Crippen molar-refractivity contribution in [2.45, 2.75) is 29.1 Å². The van der Waals surface area contributed by atoms with Gasteiger partial charge in [0.25, 0.3) is 0 Å². The summed E-state index contributed by atoms with van der Waals surface area (Å²) in [6.45, 7) is 0.174. The Balaban J connectivity index is 1.80. The van der Waals surface area contributed by atoms with E-state index in [0.717, 1.165) is 26.8 Å². The molecule has 0 aliphatic heterocycles. The second-order valence-corrected chi connectivity index (χ2v) is 10.6. The lowest BCUT2D eigenvalue weighted by molar-refractivity contribution is -0.107. The maximum Gasteiger partial charge on any atom is 0.234 e. The first-order valence-electron chi connectivity index (χ1n) is 10.6. The maximum atomic E-state index is 12.9. The van der Waals surface area contributed by atoms with Crippen molar-refractivity contribution >= 4 is 56.1 Å². The number of nitrogens with zero attached hydrogens (tertiary/aromatic N) is 1. The summed E-state index contributed by atoms with van der Waals surface area (Å²) in [4.78, 5) is 13.8. The minimum atomic E-state index is -3.68. The molecule has 0 fully saturated rings. The molecular weight excluding hydrogens is 456 g/mol. The van der Waals surface area contributed by atoms with Gasteiger partial charge in [-0.2, -0.15) is 0 Å². The molecule has 174 valence electrons. The van der Waals surface area contributed by atoms with Gasteiger partial charge in [0, 0.05) is 47.0 Å². The smallest absolute Gasteiger partial charge is 0.234 e. The Morgan fingerprint density at radius 1 is 1.12 bits per heavy atom. The zero-order chi connectivity index (χ0) is 23.8. The number of nitrogens with two attached hydrogens (primary N) is 1. The average Bonchev–Trinajstić information content (AvgIpc) is 2.81. The number of unbranched alkanes of at least 4 members (excludes halogenated alkanes) is 1. The van der Waals surface area contributed by atoms with Crippen molar-refractivity contribution in [3.63, 3.8) is 0 Å². The van der Waals surface area contributed by atoms with Gasteiger partial charge in [-0.05, 0) is 24.6 Å². The van der Waals surface area contributed by atoms with Crippen LogP contribution in [0, 0.1) is 5.41 Å². The van der Waals surface area contributed by atoms with E-state index in [9.17, 15) is 13.2 Å². The van der Waals surface area contributed by atoms with Gasteiger partial charge in [-0.1, -0.05) is 54.2 Å².